The molecule has 8 heteroatoms. The number of hydrogen-bond acceptors (Lipinski definition) is 8. The fourth-order valence-corrected chi connectivity index (χ4v) is 6.51. The summed E-state index contributed by atoms with van der Waals surface area (Å²) >= 11 is 1.61. The van der Waals surface area contributed by atoms with Crippen molar-refractivity contribution in [1.82, 2.24) is 4.98 Å². The minimum Gasteiger partial charge on any atom is -0.457 e. The van der Waals surface area contributed by atoms with Gasteiger partial charge in [-0.25, -0.2) is 4.98 Å². The minimum absolute atomic E-state index is 0.0715. The van der Waals surface area contributed by atoms with Crippen LogP contribution < -0.4 is 0 Å². The Morgan fingerprint density at radius 2 is 1.97 bits per heavy atom. The van der Waals surface area contributed by atoms with Crippen molar-refractivity contribution in [2.45, 2.75) is 103 Å². The van der Waals surface area contributed by atoms with Gasteiger partial charge in [-0.05, 0) is 56.7 Å². The molecule has 2 fully saturated rings. The van der Waals surface area contributed by atoms with E-state index in [-0.39, 0.29) is 29.8 Å². The van der Waals surface area contributed by atoms with Crippen LogP contribution in [0.3, 0.4) is 0 Å². The highest BCUT2D eigenvalue weighted by Crippen LogP contribution is 2.47. The zero-order chi connectivity index (χ0) is 27.8. The van der Waals surface area contributed by atoms with Crippen molar-refractivity contribution in [3.8, 4) is 0 Å². The third-order valence-electron chi connectivity index (χ3n) is 8.54. The number of Topliss-reactive ketones (excluding diaryl/α,β-unsaturated/α-hetero) is 1. The molecule has 2 saturated heterocycles. The third kappa shape index (κ3) is 6.03. The first-order chi connectivity index (χ1) is 17.9. The number of ketones is 1. The van der Waals surface area contributed by atoms with Crippen LogP contribution in [0, 0.1) is 24.2 Å². The summed E-state index contributed by atoms with van der Waals surface area (Å²) in [5.74, 6) is -1.68. The lowest BCUT2D eigenvalue weighted by Gasteiger charge is -2.35. The molecule has 7 nitrogen and oxygen atoms in total. The maximum absolute atomic E-state index is 13.6. The number of benzene rings is 1. The molecule has 2 aromatic rings. The van der Waals surface area contributed by atoms with Crippen molar-refractivity contribution in [3.63, 3.8) is 0 Å². The maximum Gasteiger partial charge on any atom is 0.309 e. The van der Waals surface area contributed by atoms with Crippen molar-refractivity contribution >= 4 is 33.3 Å². The Hall–Kier alpha value is -2.13. The molecule has 1 aromatic carbocycles. The molecule has 7 atom stereocenters. The highest BCUT2D eigenvalue weighted by Gasteiger charge is 2.53. The zero-order valence-electron chi connectivity index (χ0n) is 23.1. The van der Waals surface area contributed by atoms with E-state index in [4.69, 9.17) is 9.47 Å². The van der Waals surface area contributed by atoms with Crippen LogP contribution in [0.2, 0.25) is 0 Å². The number of aliphatic hydroxyl groups is 2. The molecule has 1 aromatic heterocycles. The lowest BCUT2D eigenvalue weighted by atomic mass is 9.71. The van der Waals surface area contributed by atoms with Crippen LogP contribution in [-0.4, -0.2) is 50.9 Å². The smallest absolute Gasteiger partial charge is 0.309 e. The van der Waals surface area contributed by atoms with Crippen LogP contribution in [0.15, 0.2) is 30.9 Å². The largest absolute Gasteiger partial charge is 0.457 e. The minimum atomic E-state index is -1.27. The number of cyclic esters (lactones) is 1. The molecule has 0 saturated carbocycles. The highest BCUT2D eigenvalue weighted by atomic mass is 32.1. The van der Waals surface area contributed by atoms with Crippen LogP contribution in [0.5, 0.6) is 0 Å². The average molecular weight is 544 g/mol. The Labute approximate surface area is 229 Å². The molecule has 1 unspecified atom stereocenters. The van der Waals surface area contributed by atoms with E-state index in [2.05, 4.69) is 18.5 Å². The van der Waals surface area contributed by atoms with Gasteiger partial charge in [0.1, 0.15) is 11.9 Å². The second-order valence-electron chi connectivity index (χ2n) is 11.9. The molecule has 3 heterocycles. The van der Waals surface area contributed by atoms with E-state index in [1.54, 1.807) is 31.3 Å². The van der Waals surface area contributed by atoms with Crippen LogP contribution >= 0.6 is 11.3 Å². The van der Waals surface area contributed by atoms with Crippen LogP contribution in [0.1, 0.15) is 82.9 Å². The molecule has 0 radical (unpaired) electrons. The number of hydrogen-bond donors (Lipinski definition) is 2. The van der Waals surface area contributed by atoms with E-state index < -0.39 is 35.6 Å². The number of nitrogens with zero attached hydrogens (tertiary/aromatic N) is 1. The molecular weight excluding hydrogens is 502 g/mol. The van der Waals surface area contributed by atoms with Gasteiger partial charge in [0.25, 0.3) is 0 Å². The van der Waals surface area contributed by atoms with E-state index >= 15 is 0 Å². The predicted octanol–water partition coefficient (Wildman–Crippen LogP) is 5.46. The van der Waals surface area contributed by atoms with E-state index in [9.17, 15) is 19.8 Å². The van der Waals surface area contributed by atoms with Gasteiger partial charge in [0, 0.05) is 12.3 Å². The van der Waals surface area contributed by atoms with Gasteiger partial charge in [-0.2, -0.15) is 0 Å². The number of esters is 1. The van der Waals surface area contributed by atoms with Crippen molar-refractivity contribution < 1.29 is 29.3 Å². The number of aromatic nitrogens is 1. The molecule has 2 aliphatic rings. The molecular formula is C30H41NO6S. The van der Waals surface area contributed by atoms with Crippen LogP contribution in [0.25, 0.3) is 10.2 Å². The highest BCUT2D eigenvalue weighted by molar-refractivity contribution is 7.18. The van der Waals surface area contributed by atoms with Crippen molar-refractivity contribution in [2.75, 3.05) is 0 Å². The summed E-state index contributed by atoms with van der Waals surface area (Å²) in [6.07, 6.45) is 1.71. The number of rotatable bonds is 3. The molecule has 2 aliphatic heterocycles. The normalized spacial score (nSPS) is 34.9. The van der Waals surface area contributed by atoms with Crippen molar-refractivity contribution in [2.24, 2.45) is 17.3 Å². The van der Waals surface area contributed by atoms with Gasteiger partial charge < -0.3 is 19.7 Å². The Morgan fingerprint density at radius 3 is 2.68 bits per heavy atom. The Balaban J connectivity index is 1.63. The lowest BCUT2D eigenvalue weighted by molar-refractivity contribution is -0.156. The number of epoxide rings is 1. The van der Waals surface area contributed by atoms with Gasteiger partial charge in [0.2, 0.25) is 0 Å². The second-order valence-corrected chi connectivity index (χ2v) is 13.1. The van der Waals surface area contributed by atoms with E-state index in [1.807, 2.05) is 32.0 Å². The summed E-state index contributed by atoms with van der Waals surface area (Å²) in [6, 6.07) is 5.92. The zero-order valence-corrected chi connectivity index (χ0v) is 23.9. The Kier molecular flexibility index (Phi) is 8.48. The summed E-state index contributed by atoms with van der Waals surface area (Å²) in [4.78, 5) is 31.3. The number of carbonyl (C=O) groups excluding carboxylic acids is 2. The summed E-state index contributed by atoms with van der Waals surface area (Å²) in [5.41, 5.74) is 0.115. The Morgan fingerprint density at radius 1 is 1.24 bits per heavy atom. The van der Waals surface area contributed by atoms with Crippen molar-refractivity contribution in [3.05, 3.63) is 41.4 Å². The fraction of sp³-hybridized carbons (Fsp3) is 0.633. The first kappa shape index (κ1) is 28.9. The first-order valence-electron chi connectivity index (χ1n) is 13.6. The number of fused-ring (bicyclic) bond motifs is 2. The molecule has 38 heavy (non-hydrogen) atoms. The van der Waals surface area contributed by atoms with E-state index in [1.165, 1.54) is 0 Å². The second kappa shape index (κ2) is 11.2. The number of allylic oxidation sites excluding steroid dienone is 1. The molecule has 0 aliphatic carbocycles. The summed E-state index contributed by atoms with van der Waals surface area (Å²) < 4.78 is 13.2. The van der Waals surface area contributed by atoms with Gasteiger partial charge in [-0.1, -0.05) is 39.3 Å². The number of aliphatic hydroxyl groups excluding tert-OH is 2. The quantitative estimate of drug-likeness (QED) is 0.301. The number of ether oxygens (including phenoxy) is 2. The molecule has 0 amide bonds. The van der Waals surface area contributed by atoms with Gasteiger partial charge in [-0.3, -0.25) is 9.59 Å². The van der Waals surface area contributed by atoms with Crippen molar-refractivity contribution in [1.29, 1.82) is 0 Å². The van der Waals surface area contributed by atoms with Crippen LogP contribution in [-0.2, 0) is 19.1 Å². The molecule has 4 rings (SSSR count). The van der Waals surface area contributed by atoms with Gasteiger partial charge in [0.15, 0.2) is 0 Å². The maximum atomic E-state index is 13.6. The molecule has 2 N–H and O–H groups in total. The van der Waals surface area contributed by atoms with E-state index in [0.29, 0.717) is 12.8 Å². The van der Waals surface area contributed by atoms with Crippen LogP contribution in [0.4, 0.5) is 0 Å². The summed E-state index contributed by atoms with van der Waals surface area (Å²) in [6.45, 7) is 13.0. The molecule has 208 valence electrons. The monoisotopic (exact) mass is 543 g/mol. The standard InChI is InChI=1S/C30H41NO6S/c1-7-9-20-27(34)17(2)10-8-13-30(6)25(37-30)15-22(19-11-12-23-21(14-19)31-18(3)38-23)36-26(33)16-24(32)29(4,5)28(20)35/h7,11-12,14,17,20,22,24-25,27,32,34H,1,8-10,13,15-16H2,2-6H3/t17-,20+,22-,24-,25?,27-,30+/m0/s1. The summed E-state index contributed by atoms with van der Waals surface area (Å²) in [7, 11) is 0. The van der Waals surface area contributed by atoms with E-state index in [0.717, 1.165) is 40.1 Å². The average Bonchev–Trinajstić information content (AvgIpc) is 3.32. The van der Waals surface area contributed by atoms with Gasteiger partial charge in [0.05, 0.1) is 51.0 Å². The van der Waals surface area contributed by atoms with Gasteiger partial charge in [-0.15, -0.1) is 17.9 Å². The SMILES string of the molecule is C=CC[C@H]1C(=O)C(C)(C)[C@@H](O)CC(=O)O[C@H](c2ccc3sc(C)nc3c2)CC2O[C@]2(C)CCC[C@H](C)[C@@H]1O. The summed E-state index contributed by atoms with van der Waals surface area (Å²) in [5, 5.41) is 23.2. The predicted molar refractivity (Wildman–Crippen MR) is 148 cm³/mol. The number of carbonyl (C=O) groups is 2. The molecule has 0 bridgehead atoms. The third-order valence-corrected chi connectivity index (χ3v) is 9.49. The topological polar surface area (TPSA) is 109 Å². The number of aryl methyl sites for hydroxylation is 1. The molecule has 0 spiro atoms. The van der Waals surface area contributed by atoms with Gasteiger partial charge >= 0.3 is 5.97 Å². The first-order valence-corrected chi connectivity index (χ1v) is 14.4. The Bertz CT molecular complexity index is 1190. The lowest BCUT2D eigenvalue weighted by Crippen LogP contribution is -2.46. The fourth-order valence-electron chi connectivity index (χ4n) is 5.70. The number of thiazole rings is 1.